The number of hydrogen-bond acceptors (Lipinski definition) is 5. The predicted octanol–water partition coefficient (Wildman–Crippen LogP) is 2.20. The number of aromatic nitrogens is 2. The fourth-order valence-corrected chi connectivity index (χ4v) is 2.02. The molecule has 0 saturated heterocycles. The molecule has 1 N–H and O–H groups in total. The smallest absolute Gasteiger partial charge is 0.159 e. The third-order valence-corrected chi connectivity index (χ3v) is 3.17. The van der Waals surface area contributed by atoms with E-state index >= 15 is 0 Å². The highest BCUT2D eigenvalue weighted by Crippen LogP contribution is 2.23. The predicted molar refractivity (Wildman–Crippen MR) is 82.3 cm³/mol. The summed E-state index contributed by atoms with van der Waals surface area (Å²) in [7, 11) is 3.36. The highest BCUT2D eigenvalue weighted by molar-refractivity contribution is 5.58. The summed E-state index contributed by atoms with van der Waals surface area (Å²) in [6.07, 6.45) is 3.70. The second-order valence-corrected chi connectivity index (χ2v) is 4.77. The maximum Gasteiger partial charge on any atom is 0.159 e. The lowest BCUT2D eigenvalue weighted by atomic mass is 10.1. The molecule has 1 aromatic heterocycles. The van der Waals surface area contributed by atoms with Crippen molar-refractivity contribution in [2.24, 2.45) is 0 Å². The minimum atomic E-state index is 0.698. The maximum absolute atomic E-state index is 5.26. The van der Waals surface area contributed by atoms with Crippen LogP contribution in [0.3, 0.4) is 0 Å². The topological polar surface area (TPSA) is 56.3 Å². The van der Waals surface area contributed by atoms with Crippen molar-refractivity contribution in [3.63, 3.8) is 0 Å². The van der Waals surface area contributed by atoms with Gasteiger partial charge in [-0.05, 0) is 30.7 Å². The lowest BCUT2D eigenvalue weighted by molar-refractivity contribution is 0.199. The molecule has 1 aromatic carbocycles. The Morgan fingerprint density at radius 2 is 1.90 bits per heavy atom. The molecule has 0 aliphatic carbocycles. The standard InChI is InChI=1S/C16H21N3O2/c1-12-8-14(4-5-15(12)21-3)16-18-10-13(11-19-16)9-17-6-7-20-2/h4-5,8,10-11,17H,6-7,9H2,1-3H3. The molecule has 5 heteroatoms. The van der Waals surface area contributed by atoms with Crippen molar-refractivity contribution >= 4 is 0 Å². The molecule has 2 aromatic rings. The van der Waals surface area contributed by atoms with E-state index in [4.69, 9.17) is 9.47 Å². The molecular weight excluding hydrogens is 266 g/mol. The van der Waals surface area contributed by atoms with Crippen LogP contribution < -0.4 is 10.1 Å². The van der Waals surface area contributed by atoms with Gasteiger partial charge in [0.1, 0.15) is 5.75 Å². The Hall–Kier alpha value is -1.98. The van der Waals surface area contributed by atoms with E-state index in [9.17, 15) is 0 Å². The molecule has 0 aliphatic heterocycles. The zero-order valence-corrected chi connectivity index (χ0v) is 12.7. The summed E-state index contributed by atoms with van der Waals surface area (Å²) in [5.41, 5.74) is 3.12. The van der Waals surface area contributed by atoms with Gasteiger partial charge < -0.3 is 14.8 Å². The van der Waals surface area contributed by atoms with Gasteiger partial charge in [0.25, 0.3) is 0 Å². The average Bonchev–Trinajstić information content (AvgIpc) is 2.52. The van der Waals surface area contributed by atoms with Crippen molar-refractivity contribution in [2.45, 2.75) is 13.5 Å². The fraction of sp³-hybridized carbons (Fsp3) is 0.375. The van der Waals surface area contributed by atoms with E-state index in [1.165, 1.54) is 0 Å². The molecule has 5 nitrogen and oxygen atoms in total. The third kappa shape index (κ3) is 4.24. The molecule has 0 fully saturated rings. The second kappa shape index (κ2) is 7.71. The Bertz CT molecular complexity index is 570. The Morgan fingerprint density at radius 1 is 1.14 bits per heavy atom. The Morgan fingerprint density at radius 3 is 2.52 bits per heavy atom. The zero-order valence-electron chi connectivity index (χ0n) is 12.7. The molecule has 0 saturated carbocycles. The first-order valence-corrected chi connectivity index (χ1v) is 6.90. The van der Waals surface area contributed by atoms with Crippen LogP contribution in [0.4, 0.5) is 0 Å². The van der Waals surface area contributed by atoms with Crippen molar-refractivity contribution < 1.29 is 9.47 Å². The third-order valence-electron chi connectivity index (χ3n) is 3.17. The number of methoxy groups -OCH3 is 2. The highest BCUT2D eigenvalue weighted by Gasteiger charge is 2.05. The fourth-order valence-electron chi connectivity index (χ4n) is 2.02. The Labute approximate surface area is 125 Å². The van der Waals surface area contributed by atoms with Crippen LogP contribution in [0.2, 0.25) is 0 Å². The quantitative estimate of drug-likeness (QED) is 0.791. The van der Waals surface area contributed by atoms with Gasteiger partial charge in [0, 0.05) is 43.7 Å². The van der Waals surface area contributed by atoms with Crippen LogP contribution in [-0.4, -0.2) is 37.3 Å². The van der Waals surface area contributed by atoms with Gasteiger partial charge in [0.05, 0.1) is 13.7 Å². The number of rotatable bonds is 7. The molecule has 112 valence electrons. The van der Waals surface area contributed by atoms with Gasteiger partial charge in [0.15, 0.2) is 5.82 Å². The number of aryl methyl sites for hydroxylation is 1. The second-order valence-electron chi connectivity index (χ2n) is 4.77. The Kier molecular flexibility index (Phi) is 5.66. The van der Waals surface area contributed by atoms with E-state index in [1.807, 2.05) is 37.5 Å². The SMILES string of the molecule is COCCNCc1cnc(-c2ccc(OC)c(C)c2)nc1. The largest absolute Gasteiger partial charge is 0.496 e. The molecule has 0 bridgehead atoms. The van der Waals surface area contributed by atoms with Crippen molar-refractivity contribution in [3.05, 3.63) is 41.7 Å². The normalized spacial score (nSPS) is 10.6. The van der Waals surface area contributed by atoms with Crippen molar-refractivity contribution in [3.8, 4) is 17.1 Å². The zero-order chi connectivity index (χ0) is 15.1. The average molecular weight is 287 g/mol. The molecule has 21 heavy (non-hydrogen) atoms. The van der Waals surface area contributed by atoms with Gasteiger partial charge in [-0.3, -0.25) is 0 Å². The van der Waals surface area contributed by atoms with E-state index in [1.54, 1.807) is 14.2 Å². The monoisotopic (exact) mass is 287 g/mol. The molecule has 0 spiro atoms. The van der Waals surface area contributed by atoms with Gasteiger partial charge in [0.2, 0.25) is 0 Å². The molecule has 0 aliphatic rings. The number of nitrogens with zero attached hydrogens (tertiary/aromatic N) is 2. The summed E-state index contributed by atoms with van der Waals surface area (Å²) in [6, 6.07) is 5.94. The number of hydrogen-bond donors (Lipinski definition) is 1. The first-order valence-electron chi connectivity index (χ1n) is 6.90. The van der Waals surface area contributed by atoms with Crippen LogP contribution >= 0.6 is 0 Å². The lowest BCUT2D eigenvalue weighted by Gasteiger charge is -2.07. The van der Waals surface area contributed by atoms with Crippen LogP contribution in [0.25, 0.3) is 11.4 Å². The molecular formula is C16H21N3O2. The number of benzene rings is 1. The van der Waals surface area contributed by atoms with E-state index < -0.39 is 0 Å². The summed E-state index contributed by atoms with van der Waals surface area (Å²) in [6.45, 7) is 4.27. The molecule has 1 heterocycles. The van der Waals surface area contributed by atoms with Crippen molar-refractivity contribution in [1.82, 2.24) is 15.3 Å². The van der Waals surface area contributed by atoms with Crippen LogP contribution in [0.5, 0.6) is 5.75 Å². The van der Waals surface area contributed by atoms with E-state index in [-0.39, 0.29) is 0 Å². The molecule has 0 radical (unpaired) electrons. The maximum atomic E-state index is 5.26. The van der Waals surface area contributed by atoms with Crippen LogP contribution in [-0.2, 0) is 11.3 Å². The van der Waals surface area contributed by atoms with Gasteiger partial charge in [-0.15, -0.1) is 0 Å². The molecule has 0 amide bonds. The first-order chi connectivity index (χ1) is 10.2. The summed E-state index contributed by atoms with van der Waals surface area (Å²) in [5.74, 6) is 1.60. The van der Waals surface area contributed by atoms with Gasteiger partial charge in [-0.2, -0.15) is 0 Å². The van der Waals surface area contributed by atoms with Crippen LogP contribution in [0.15, 0.2) is 30.6 Å². The Balaban J connectivity index is 2.03. The molecule has 0 atom stereocenters. The molecule has 0 unspecified atom stereocenters. The van der Waals surface area contributed by atoms with Crippen LogP contribution in [0.1, 0.15) is 11.1 Å². The molecule has 2 rings (SSSR count). The van der Waals surface area contributed by atoms with Gasteiger partial charge in [-0.25, -0.2) is 9.97 Å². The highest BCUT2D eigenvalue weighted by atomic mass is 16.5. The summed E-state index contributed by atoms with van der Waals surface area (Å²) < 4.78 is 10.2. The van der Waals surface area contributed by atoms with Gasteiger partial charge >= 0.3 is 0 Å². The van der Waals surface area contributed by atoms with Crippen LogP contribution in [0, 0.1) is 6.92 Å². The number of ether oxygens (including phenoxy) is 2. The van der Waals surface area contributed by atoms with Crippen molar-refractivity contribution in [2.75, 3.05) is 27.4 Å². The van der Waals surface area contributed by atoms with Crippen molar-refractivity contribution in [1.29, 1.82) is 0 Å². The summed E-state index contributed by atoms with van der Waals surface area (Å²) in [4.78, 5) is 8.84. The van der Waals surface area contributed by atoms with E-state index in [2.05, 4.69) is 15.3 Å². The van der Waals surface area contributed by atoms with E-state index in [0.717, 1.165) is 41.4 Å². The van der Waals surface area contributed by atoms with Gasteiger partial charge in [-0.1, -0.05) is 0 Å². The van der Waals surface area contributed by atoms with E-state index in [0.29, 0.717) is 6.61 Å². The number of nitrogens with one attached hydrogen (secondary N) is 1. The first kappa shape index (κ1) is 15.4. The summed E-state index contributed by atoms with van der Waals surface area (Å²) in [5, 5.41) is 3.26. The lowest BCUT2D eigenvalue weighted by Crippen LogP contribution is -2.18. The minimum Gasteiger partial charge on any atom is -0.496 e. The minimum absolute atomic E-state index is 0.698. The summed E-state index contributed by atoms with van der Waals surface area (Å²) >= 11 is 0.